The zero-order valence-corrected chi connectivity index (χ0v) is 11.5. The summed E-state index contributed by atoms with van der Waals surface area (Å²) >= 11 is 0. The first-order valence-corrected chi connectivity index (χ1v) is 7.31. The molecule has 1 heterocycles. The maximum atomic E-state index is 5.57. The van der Waals surface area contributed by atoms with Gasteiger partial charge in [-0.3, -0.25) is 0 Å². The Morgan fingerprint density at radius 1 is 1.29 bits per heavy atom. The summed E-state index contributed by atoms with van der Waals surface area (Å²) in [6.45, 7) is 6.50. The van der Waals surface area contributed by atoms with Crippen molar-refractivity contribution in [2.24, 2.45) is 5.92 Å². The molecule has 0 aromatic heterocycles. The van der Waals surface area contributed by atoms with Gasteiger partial charge in [0.15, 0.2) is 0 Å². The molecular weight excluding hydrogens is 212 g/mol. The van der Waals surface area contributed by atoms with E-state index in [2.05, 4.69) is 24.2 Å². The summed E-state index contributed by atoms with van der Waals surface area (Å²) < 4.78 is 5.57. The van der Waals surface area contributed by atoms with Crippen LogP contribution < -0.4 is 5.32 Å². The van der Waals surface area contributed by atoms with Gasteiger partial charge in [0.2, 0.25) is 0 Å². The number of hydrogen-bond acceptors (Lipinski definition) is 3. The Balaban J connectivity index is 1.70. The third kappa shape index (κ3) is 3.94. The van der Waals surface area contributed by atoms with E-state index in [-0.39, 0.29) is 0 Å². The van der Waals surface area contributed by atoms with Crippen molar-refractivity contribution in [2.45, 2.75) is 51.1 Å². The fourth-order valence-electron chi connectivity index (χ4n) is 3.34. The van der Waals surface area contributed by atoms with Crippen molar-refractivity contribution in [3.05, 3.63) is 0 Å². The van der Waals surface area contributed by atoms with E-state index in [9.17, 15) is 0 Å². The van der Waals surface area contributed by atoms with Crippen LogP contribution in [0, 0.1) is 5.92 Å². The lowest BCUT2D eigenvalue weighted by molar-refractivity contribution is 0.0364. The molecule has 0 bridgehead atoms. The maximum absolute atomic E-state index is 5.57. The Kier molecular flexibility index (Phi) is 5.26. The molecule has 1 saturated heterocycles. The third-order valence-electron chi connectivity index (χ3n) is 4.32. The number of nitrogens with zero attached hydrogens (tertiary/aromatic N) is 1. The summed E-state index contributed by atoms with van der Waals surface area (Å²) in [6, 6.07) is 1.55. The minimum absolute atomic E-state index is 0.759. The third-order valence-corrected chi connectivity index (χ3v) is 4.32. The summed E-state index contributed by atoms with van der Waals surface area (Å²) in [7, 11) is 2.30. The molecule has 0 radical (unpaired) electrons. The molecule has 1 aliphatic carbocycles. The highest BCUT2D eigenvalue weighted by atomic mass is 16.5. The Bertz CT molecular complexity index is 216. The molecule has 1 aliphatic heterocycles. The van der Waals surface area contributed by atoms with Crippen LogP contribution in [0.25, 0.3) is 0 Å². The second kappa shape index (κ2) is 6.72. The van der Waals surface area contributed by atoms with Gasteiger partial charge in [0.1, 0.15) is 0 Å². The maximum Gasteiger partial charge on any atom is 0.0506 e. The molecule has 3 unspecified atom stereocenters. The highest BCUT2D eigenvalue weighted by Gasteiger charge is 2.28. The molecule has 1 N–H and O–H groups in total. The minimum atomic E-state index is 0.759. The second-order valence-electron chi connectivity index (χ2n) is 5.74. The van der Waals surface area contributed by atoms with Crippen molar-refractivity contribution in [2.75, 3.05) is 33.4 Å². The molecule has 3 atom stereocenters. The van der Waals surface area contributed by atoms with Crippen LogP contribution in [0.15, 0.2) is 0 Å². The Morgan fingerprint density at radius 2 is 2.18 bits per heavy atom. The van der Waals surface area contributed by atoms with Crippen molar-refractivity contribution in [3.8, 4) is 0 Å². The summed E-state index contributed by atoms with van der Waals surface area (Å²) in [6.07, 6.45) is 6.65. The predicted molar refractivity (Wildman–Crippen MR) is 71.3 cm³/mol. The quantitative estimate of drug-likeness (QED) is 0.794. The fourth-order valence-corrected chi connectivity index (χ4v) is 3.34. The SMILES string of the molecule is CCNC1CCC(N(C)CC2CCCOC2)C1. The van der Waals surface area contributed by atoms with Crippen molar-refractivity contribution in [1.29, 1.82) is 0 Å². The van der Waals surface area contributed by atoms with Gasteiger partial charge in [0, 0.05) is 25.2 Å². The summed E-state index contributed by atoms with van der Waals surface area (Å²) in [4.78, 5) is 2.58. The highest BCUT2D eigenvalue weighted by molar-refractivity contribution is 4.86. The predicted octanol–water partition coefficient (Wildman–Crippen LogP) is 1.88. The molecule has 0 amide bonds. The number of hydrogen-bond donors (Lipinski definition) is 1. The monoisotopic (exact) mass is 240 g/mol. The molecule has 3 nitrogen and oxygen atoms in total. The van der Waals surface area contributed by atoms with E-state index in [1.54, 1.807) is 0 Å². The number of ether oxygens (including phenoxy) is 1. The standard InChI is InChI=1S/C14H28N2O/c1-3-15-13-6-7-14(9-13)16(2)10-12-5-4-8-17-11-12/h12-15H,3-11H2,1-2H3. The first-order valence-electron chi connectivity index (χ1n) is 7.31. The van der Waals surface area contributed by atoms with E-state index in [1.165, 1.54) is 38.6 Å². The molecule has 1 saturated carbocycles. The lowest BCUT2D eigenvalue weighted by Crippen LogP contribution is -2.38. The minimum Gasteiger partial charge on any atom is -0.381 e. The van der Waals surface area contributed by atoms with Crippen molar-refractivity contribution in [3.63, 3.8) is 0 Å². The topological polar surface area (TPSA) is 24.5 Å². The van der Waals surface area contributed by atoms with Crippen LogP contribution in [0.2, 0.25) is 0 Å². The molecule has 100 valence electrons. The van der Waals surface area contributed by atoms with Crippen LogP contribution in [0.3, 0.4) is 0 Å². The summed E-state index contributed by atoms with van der Waals surface area (Å²) in [5, 5.41) is 3.58. The van der Waals surface area contributed by atoms with E-state index < -0.39 is 0 Å². The Labute approximate surface area is 106 Å². The average Bonchev–Trinajstić information content (AvgIpc) is 2.79. The van der Waals surface area contributed by atoms with Crippen molar-refractivity contribution in [1.82, 2.24) is 10.2 Å². The van der Waals surface area contributed by atoms with Gasteiger partial charge < -0.3 is 15.0 Å². The van der Waals surface area contributed by atoms with Crippen molar-refractivity contribution >= 4 is 0 Å². The van der Waals surface area contributed by atoms with Crippen LogP contribution in [0.5, 0.6) is 0 Å². The van der Waals surface area contributed by atoms with Crippen LogP contribution in [-0.2, 0) is 4.74 Å². The van der Waals surface area contributed by atoms with Gasteiger partial charge in [0.05, 0.1) is 6.61 Å². The van der Waals surface area contributed by atoms with Crippen LogP contribution in [0.4, 0.5) is 0 Å². The van der Waals surface area contributed by atoms with Crippen molar-refractivity contribution < 1.29 is 4.74 Å². The Hall–Kier alpha value is -0.120. The largest absolute Gasteiger partial charge is 0.381 e. The summed E-state index contributed by atoms with van der Waals surface area (Å²) in [5.74, 6) is 0.770. The molecule has 3 heteroatoms. The molecule has 2 fully saturated rings. The van der Waals surface area contributed by atoms with Gasteiger partial charge in [-0.05, 0) is 51.6 Å². The zero-order valence-electron chi connectivity index (χ0n) is 11.5. The summed E-state index contributed by atoms with van der Waals surface area (Å²) in [5.41, 5.74) is 0. The van der Waals surface area contributed by atoms with Crippen LogP contribution in [-0.4, -0.2) is 50.3 Å². The lowest BCUT2D eigenvalue weighted by atomic mass is 10.0. The molecule has 17 heavy (non-hydrogen) atoms. The van der Waals surface area contributed by atoms with Crippen LogP contribution in [0.1, 0.15) is 39.0 Å². The molecule has 0 aromatic carbocycles. The molecule has 0 aromatic rings. The average molecular weight is 240 g/mol. The normalized spacial score (nSPS) is 34.4. The van der Waals surface area contributed by atoms with E-state index in [0.29, 0.717) is 0 Å². The molecule has 0 spiro atoms. The number of nitrogens with one attached hydrogen (secondary N) is 1. The van der Waals surface area contributed by atoms with Gasteiger partial charge in [-0.1, -0.05) is 6.92 Å². The van der Waals surface area contributed by atoms with E-state index >= 15 is 0 Å². The van der Waals surface area contributed by atoms with Gasteiger partial charge in [-0.25, -0.2) is 0 Å². The first kappa shape index (κ1) is 13.3. The second-order valence-corrected chi connectivity index (χ2v) is 5.74. The smallest absolute Gasteiger partial charge is 0.0506 e. The molecular formula is C14H28N2O. The zero-order chi connectivity index (χ0) is 12.1. The lowest BCUT2D eigenvalue weighted by Gasteiger charge is -2.31. The molecule has 2 aliphatic rings. The Morgan fingerprint density at radius 3 is 2.88 bits per heavy atom. The number of rotatable bonds is 5. The first-order chi connectivity index (χ1) is 8.29. The van der Waals surface area contributed by atoms with E-state index in [4.69, 9.17) is 4.74 Å². The van der Waals surface area contributed by atoms with Gasteiger partial charge in [-0.2, -0.15) is 0 Å². The van der Waals surface area contributed by atoms with Gasteiger partial charge in [0.25, 0.3) is 0 Å². The fraction of sp³-hybridized carbons (Fsp3) is 1.00. The van der Waals surface area contributed by atoms with E-state index in [1.807, 2.05) is 0 Å². The van der Waals surface area contributed by atoms with E-state index in [0.717, 1.165) is 37.8 Å². The van der Waals surface area contributed by atoms with Gasteiger partial charge >= 0.3 is 0 Å². The highest BCUT2D eigenvalue weighted by Crippen LogP contribution is 2.25. The van der Waals surface area contributed by atoms with Gasteiger partial charge in [-0.15, -0.1) is 0 Å². The van der Waals surface area contributed by atoms with Crippen LogP contribution >= 0.6 is 0 Å². The molecule has 2 rings (SSSR count).